The van der Waals surface area contributed by atoms with Gasteiger partial charge in [0, 0.05) is 12.4 Å². The number of fused-ring (bicyclic) bond motifs is 3. The van der Waals surface area contributed by atoms with Gasteiger partial charge in [0.1, 0.15) is 5.52 Å². The maximum atomic E-state index is 12.1. The average Bonchev–Trinajstić information content (AvgIpc) is 2.90. The van der Waals surface area contributed by atoms with Crippen LogP contribution in [0.3, 0.4) is 0 Å². The number of aldehydes is 1. The summed E-state index contributed by atoms with van der Waals surface area (Å²) in [5.41, 5.74) is 6.30. The molecule has 0 spiro atoms. The topological polar surface area (TPSA) is 95.8 Å². The van der Waals surface area contributed by atoms with Crippen molar-refractivity contribution in [3.8, 4) is 0 Å². The van der Waals surface area contributed by atoms with E-state index in [1.807, 2.05) is 0 Å². The first-order valence-corrected chi connectivity index (χ1v) is 5.99. The minimum Gasteiger partial charge on any atom is -0.323 e. The van der Waals surface area contributed by atoms with Gasteiger partial charge < -0.3 is 10.3 Å². The Bertz CT molecular complexity index is 828. The highest BCUT2D eigenvalue weighted by Crippen LogP contribution is 2.29. The molecule has 3 aromatic rings. The van der Waals surface area contributed by atoms with Crippen molar-refractivity contribution in [2.75, 3.05) is 0 Å². The van der Waals surface area contributed by atoms with Crippen LogP contribution in [0, 0.1) is 0 Å². The molecule has 0 amide bonds. The number of carbonyl (C=O) groups is 1. The van der Waals surface area contributed by atoms with Crippen LogP contribution < -0.4 is 11.3 Å². The molecule has 92 valence electrons. The predicted octanol–water partition coefficient (Wildman–Crippen LogP) is 0.0734. The number of rotatable bonds is 2. The van der Waals surface area contributed by atoms with Crippen molar-refractivity contribution in [3.63, 3.8) is 0 Å². The van der Waals surface area contributed by atoms with Crippen LogP contribution in [0.25, 0.3) is 21.3 Å². The average molecular weight is 263 g/mol. The quantitative estimate of drug-likeness (QED) is 0.660. The number of aryl methyl sites for hydroxylation is 1. The minimum atomic E-state index is -0.254. The van der Waals surface area contributed by atoms with Crippen molar-refractivity contribution in [1.82, 2.24) is 19.3 Å². The molecule has 0 aliphatic carbocycles. The number of thiazole rings is 1. The molecule has 0 bridgehead atoms. The maximum Gasteiger partial charge on any atom is 0.292 e. The third-order valence-corrected chi connectivity index (χ3v) is 3.82. The zero-order chi connectivity index (χ0) is 12.9. The number of nitrogens with two attached hydrogens (primary N) is 1. The van der Waals surface area contributed by atoms with Crippen molar-refractivity contribution >= 4 is 38.9 Å². The molecule has 0 saturated carbocycles. The van der Waals surface area contributed by atoms with E-state index in [0.29, 0.717) is 27.8 Å². The molecule has 2 N–H and O–H groups in total. The molecule has 18 heavy (non-hydrogen) atoms. The van der Waals surface area contributed by atoms with E-state index in [2.05, 4.69) is 10.1 Å². The summed E-state index contributed by atoms with van der Waals surface area (Å²) in [6.45, 7) is 0.0284. The van der Waals surface area contributed by atoms with E-state index in [1.54, 1.807) is 17.8 Å². The van der Waals surface area contributed by atoms with Crippen LogP contribution in [-0.2, 0) is 13.7 Å². The largest absolute Gasteiger partial charge is 0.323 e. The van der Waals surface area contributed by atoms with Gasteiger partial charge in [-0.15, -0.1) is 11.3 Å². The first kappa shape index (κ1) is 11.1. The number of hydrogen-bond donors (Lipinski definition) is 1. The van der Waals surface area contributed by atoms with Crippen molar-refractivity contribution in [2.24, 2.45) is 12.8 Å². The van der Waals surface area contributed by atoms with Gasteiger partial charge in [-0.1, -0.05) is 0 Å². The summed E-state index contributed by atoms with van der Waals surface area (Å²) in [4.78, 5) is 27.0. The standard InChI is InChI=1S/C10H9N5O2S/c1-14-7-5(2-12-15(4-11)10(7)17)8-9(14)13-6(3-16)18-8/h2-3H,4,11H2,1H3. The molecule has 3 heterocycles. The third kappa shape index (κ3) is 1.27. The molecular formula is C10H9N5O2S. The SMILES string of the molecule is Cn1c2nc(C=O)sc2c2cnn(CN)c(=O)c21. The van der Waals surface area contributed by atoms with Gasteiger partial charge in [0.15, 0.2) is 16.9 Å². The Balaban J connectivity index is 2.53. The molecule has 0 aliphatic rings. The molecule has 0 radical (unpaired) electrons. The molecular weight excluding hydrogens is 254 g/mol. The van der Waals surface area contributed by atoms with E-state index in [4.69, 9.17) is 5.73 Å². The second-order valence-electron chi connectivity index (χ2n) is 3.78. The summed E-state index contributed by atoms with van der Waals surface area (Å²) >= 11 is 1.25. The normalized spacial score (nSPS) is 11.4. The smallest absolute Gasteiger partial charge is 0.292 e. The number of carbonyl (C=O) groups excluding carboxylic acids is 1. The lowest BCUT2D eigenvalue weighted by atomic mass is 10.4. The van der Waals surface area contributed by atoms with Crippen molar-refractivity contribution in [2.45, 2.75) is 6.67 Å². The lowest BCUT2D eigenvalue weighted by Gasteiger charge is -2.01. The lowest BCUT2D eigenvalue weighted by molar-refractivity contribution is 0.112. The van der Waals surface area contributed by atoms with Crippen LogP contribution in [0.5, 0.6) is 0 Å². The fourth-order valence-electron chi connectivity index (χ4n) is 1.99. The molecule has 3 aromatic heterocycles. The van der Waals surface area contributed by atoms with Crippen molar-refractivity contribution in [1.29, 1.82) is 0 Å². The van der Waals surface area contributed by atoms with Crippen LogP contribution in [-0.4, -0.2) is 25.6 Å². The Hall–Kier alpha value is -2.06. The first-order valence-electron chi connectivity index (χ1n) is 5.17. The fourth-order valence-corrected chi connectivity index (χ4v) is 2.91. The van der Waals surface area contributed by atoms with Gasteiger partial charge in [0.05, 0.1) is 17.6 Å². The highest BCUT2D eigenvalue weighted by Gasteiger charge is 2.17. The molecule has 8 heteroatoms. The van der Waals surface area contributed by atoms with Gasteiger partial charge in [-0.3, -0.25) is 9.59 Å². The molecule has 3 rings (SSSR count). The predicted molar refractivity (Wildman–Crippen MR) is 67.7 cm³/mol. The fraction of sp³-hybridized carbons (Fsp3) is 0.200. The number of nitrogens with zero attached hydrogens (tertiary/aromatic N) is 4. The van der Waals surface area contributed by atoms with Gasteiger partial charge in [0.2, 0.25) is 0 Å². The second-order valence-corrected chi connectivity index (χ2v) is 4.81. The van der Waals surface area contributed by atoms with Crippen LogP contribution in [0.1, 0.15) is 9.80 Å². The summed E-state index contributed by atoms with van der Waals surface area (Å²) in [6.07, 6.45) is 2.28. The van der Waals surface area contributed by atoms with Crippen LogP contribution in [0.2, 0.25) is 0 Å². The Morgan fingerprint density at radius 2 is 2.33 bits per heavy atom. The molecule has 0 saturated heterocycles. The lowest BCUT2D eigenvalue weighted by Crippen LogP contribution is -2.27. The zero-order valence-corrected chi connectivity index (χ0v) is 10.3. The van der Waals surface area contributed by atoms with Gasteiger partial charge in [0.25, 0.3) is 5.56 Å². The van der Waals surface area contributed by atoms with Crippen LogP contribution >= 0.6 is 11.3 Å². The van der Waals surface area contributed by atoms with E-state index in [9.17, 15) is 9.59 Å². The summed E-state index contributed by atoms with van der Waals surface area (Å²) in [5.74, 6) is 0. The zero-order valence-electron chi connectivity index (χ0n) is 9.45. The van der Waals surface area contributed by atoms with Crippen molar-refractivity contribution < 1.29 is 4.79 Å². The van der Waals surface area contributed by atoms with Gasteiger partial charge in [-0.05, 0) is 0 Å². The molecule has 0 unspecified atom stereocenters. The Kier molecular flexibility index (Phi) is 2.28. The van der Waals surface area contributed by atoms with E-state index < -0.39 is 0 Å². The van der Waals surface area contributed by atoms with Crippen LogP contribution in [0.4, 0.5) is 0 Å². The summed E-state index contributed by atoms with van der Waals surface area (Å²) in [6, 6.07) is 0. The highest BCUT2D eigenvalue weighted by atomic mass is 32.1. The minimum absolute atomic E-state index is 0.0284. The summed E-state index contributed by atoms with van der Waals surface area (Å²) in [7, 11) is 1.74. The van der Waals surface area contributed by atoms with E-state index in [0.717, 1.165) is 4.70 Å². The van der Waals surface area contributed by atoms with Crippen LogP contribution in [0.15, 0.2) is 11.0 Å². The number of hydrogen-bond acceptors (Lipinski definition) is 6. The highest BCUT2D eigenvalue weighted by molar-refractivity contribution is 7.21. The van der Waals surface area contributed by atoms with Gasteiger partial charge in [-0.25, -0.2) is 9.67 Å². The first-order chi connectivity index (χ1) is 8.67. The molecule has 7 nitrogen and oxygen atoms in total. The van der Waals surface area contributed by atoms with E-state index in [-0.39, 0.29) is 12.2 Å². The van der Waals surface area contributed by atoms with E-state index >= 15 is 0 Å². The third-order valence-electron chi connectivity index (χ3n) is 2.82. The Labute approximate surface area is 104 Å². The molecule has 0 aliphatic heterocycles. The number of aromatic nitrogens is 4. The summed E-state index contributed by atoms with van der Waals surface area (Å²) in [5, 5.41) is 5.07. The van der Waals surface area contributed by atoms with E-state index in [1.165, 1.54) is 16.0 Å². The summed E-state index contributed by atoms with van der Waals surface area (Å²) < 4.78 is 3.65. The van der Waals surface area contributed by atoms with Gasteiger partial charge in [-0.2, -0.15) is 5.10 Å². The Morgan fingerprint density at radius 3 is 3.00 bits per heavy atom. The monoisotopic (exact) mass is 263 g/mol. The molecule has 0 fully saturated rings. The van der Waals surface area contributed by atoms with Gasteiger partial charge >= 0.3 is 0 Å². The molecule has 0 aromatic carbocycles. The molecule has 0 atom stereocenters. The second kappa shape index (κ2) is 3.72. The van der Waals surface area contributed by atoms with Crippen molar-refractivity contribution in [3.05, 3.63) is 21.6 Å². The maximum absolute atomic E-state index is 12.1. The Morgan fingerprint density at radius 1 is 1.56 bits per heavy atom.